The zero-order chi connectivity index (χ0) is 8.85. The van der Waals surface area contributed by atoms with Gasteiger partial charge in [0.05, 0.1) is 0 Å². The first kappa shape index (κ1) is 10.4. The Labute approximate surface area is 68.8 Å². The van der Waals surface area contributed by atoms with Crippen LogP contribution in [0.5, 0.6) is 0 Å². The second-order valence-corrected chi connectivity index (χ2v) is 3.24. The average molecular weight is 158 g/mol. The molecule has 1 unspecified atom stereocenters. The Kier molecular flexibility index (Phi) is 4.86. The van der Waals surface area contributed by atoms with E-state index in [1.54, 1.807) is 7.05 Å². The lowest BCUT2D eigenvalue weighted by Crippen LogP contribution is -2.26. The van der Waals surface area contributed by atoms with Crippen LogP contribution in [-0.2, 0) is 4.79 Å². The van der Waals surface area contributed by atoms with E-state index in [0.29, 0.717) is 12.3 Å². The summed E-state index contributed by atoms with van der Waals surface area (Å²) < 4.78 is 0. The summed E-state index contributed by atoms with van der Waals surface area (Å²) in [4.78, 5) is 13.0. The van der Waals surface area contributed by atoms with Crippen molar-refractivity contribution in [2.45, 2.75) is 13.3 Å². The van der Waals surface area contributed by atoms with Gasteiger partial charge in [0.2, 0.25) is 5.91 Å². The van der Waals surface area contributed by atoms with Crippen LogP contribution in [0.2, 0.25) is 0 Å². The number of carbonyl (C=O) groups excluding carboxylic acids is 1. The number of hydrogen-bond donors (Lipinski definition) is 1. The number of amides is 1. The average Bonchev–Trinajstić information content (AvgIpc) is 1.85. The lowest BCUT2D eigenvalue weighted by Gasteiger charge is -2.15. The van der Waals surface area contributed by atoms with Crippen molar-refractivity contribution in [3.8, 4) is 0 Å². The molecule has 0 saturated heterocycles. The second-order valence-electron chi connectivity index (χ2n) is 3.24. The molecule has 11 heavy (non-hydrogen) atoms. The Hall–Kier alpha value is -0.570. The minimum atomic E-state index is 0.124. The van der Waals surface area contributed by atoms with Gasteiger partial charge in [-0.1, -0.05) is 6.92 Å². The molecule has 1 amide bonds. The molecule has 3 heteroatoms. The highest BCUT2D eigenvalue weighted by atomic mass is 16.1. The van der Waals surface area contributed by atoms with E-state index in [-0.39, 0.29) is 5.91 Å². The molecule has 0 saturated carbocycles. The van der Waals surface area contributed by atoms with Crippen LogP contribution >= 0.6 is 0 Å². The summed E-state index contributed by atoms with van der Waals surface area (Å²) in [5.41, 5.74) is 0. The number of hydrogen-bond acceptors (Lipinski definition) is 2. The summed E-state index contributed by atoms with van der Waals surface area (Å²) >= 11 is 0. The van der Waals surface area contributed by atoms with Gasteiger partial charge in [-0.05, 0) is 20.0 Å². The summed E-state index contributed by atoms with van der Waals surface area (Å²) in [7, 11) is 5.70. The molecular formula is C8H18N2O. The third-order valence-electron chi connectivity index (χ3n) is 1.49. The fourth-order valence-electron chi connectivity index (χ4n) is 1.11. The summed E-state index contributed by atoms with van der Waals surface area (Å²) in [6, 6.07) is 0. The van der Waals surface area contributed by atoms with Crippen LogP contribution in [0.4, 0.5) is 0 Å². The van der Waals surface area contributed by atoms with Gasteiger partial charge >= 0.3 is 0 Å². The van der Waals surface area contributed by atoms with E-state index >= 15 is 0 Å². The first-order valence-corrected chi connectivity index (χ1v) is 3.91. The predicted octanol–water partition coefficient (Wildman–Crippen LogP) is 0.320. The molecule has 0 aromatic carbocycles. The van der Waals surface area contributed by atoms with Gasteiger partial charge in [0.15, 0.2) is 0 Å². The van der Waals surface area contributed by atoms with Crippen molar-refractivity contribution in [1.82, 2.24) is 10.2 Å². The van der Waals surface area contributed by atoms with E-state index in [9.17, 15) is 4.79 Å². The van der Waals surface area contributed by atoms with Crippen molar-refractivity contribution in [1.29, 1.82) is 0 Å². The van der Waals surface area contributed by atoms with Gasteiger partial charge in [-0.3, -0.25) is 4.79 Å². The van der Waals surface area contributed by atoms with Gasteiger partial charge in [-0.15, -0.1) is 0 Å². The summed E-state index contributed by atoms with van der Waals surface area (Å²) in [6.45, 7) is 3.04. The molecule has 0 spiro atoms. The highest BCUT2D eigenvalue weighted by Gasteiger charge is 2.07. The van der Waals surface area contributed by atoms with Crippen LogP contribution in [-0.4, -0.2) is 38.5 Å². The minimum Gasteiger partial charge on any atom is -0.359 e. The number of rotatable bonds is 4. The quantitative estimate of drug-likeness (QED) is 0.639. The molecule has 66 valence electrons. The Morgan fingerprint density at radius 2 is 2.09 bits per heavy atom. The normalized spacial score (nSPS) is 13.2. The molecule has 0 aliphatic carbocycles. The molecule has 0 fully saturated rings. The first-order valence-electron chi connectivity index (χ1n) is 3.91. The van der Waals surface area contributed by atoms with Crippen LogP contribution in [0, 0.1) is 5.92 Å². The topological polar surface area (TPSA) is 32.3 Å². The molecule has 0 heterocycles. The number of nitrogens with one attached hydrogen (secondary N) is 1. The molecule has 0 radical (unpaired) electrons. The van der Waals surface area contributed by atoms with E-state index < -0.39 is 0 Å². The molecule has 3 nitrogen and oxygen atoms in total. The van der Waals surface area contributed by atoms with E-state index in [1.165, 1.54) is 0 Å². The van der Waals surface area contributed by atoms with Crippen LogP contribution < -0.4 is 5.32 Å². The molecule has 1 N–H and O–H groups in total. The van der Waals surface area contributed by atoms with Gasteiger partial charge in [-0.2, -0.15) is 0 Å². The van der Waals surface area contributed by atoms with E-state index in [0.717, 1.165) is 6.54 Å². The van der Waals surface area contributed by atoms with Crippen molar-refractivity contribution in [2.75, 3.05) is 27.7 Å². The van der Waals surface area contributed by atoms with Crippen LogP contribution in [0.3, 0.4) is 0 Å². The van der Waals surface area contributed by atoms with E-state index in [2.05, 4.69) is 17.1 Å². The largest absolute Gasteiger partial charge is 0.359 e. The third kappa shape index (κ3) is 5.85. The van der Waals surface area contributed by atoms with Crippen molar-refractivity contribution < 1.29 is 4.79 Å². The predicted molar refractivity (Wildman–Crippen MR) is 46.4 cm³/mol. The standard InChI is InChI=1S/C8H18N2O/c1-7(6-10(3)4)5-8(11)9-2/h7H,5-6H2,1-4H3,(H,9,11). The Morgan fingerprint density at radius 1 is 1.55 bits per heavy atom. The van der Waals surface area contributed by atoms with Crippen molar-refractivity contribution >= 4 is 5.91 Å². The van der Waals surface area contributed by atoms with Crippen molar-refractivity contribution in [3.05, 3.63) is 0 Å². The van der Waals surface area contributed by atoms with Gasteiger partial charge in [-0.25, -0.2) is 0 Å². The van der Waals surface area contributed by atoms with E-state index in [1.807, 2.05) is 14.1 Å². The molecule has 0 aliphatic rings. The summed E-state index contributed by atoms with van der Waals surface area (Å²) in [6.07, 6.45) is 0.620. The maximum atomic E-state index is 10.9. The molecule has 0 bridgehead atoms. The molecule has 0 aliphatic heterocycles. The van der Waals surface area contributed by atoms with Crippen molar-refractivity contribution in [3.63, 3.8) is 0 Å². The first-order chi connectivity index (χ1) is 5.06. The van der Waals surface area contributed by atoms with Crippen LogP contribution in [0.1, 0.15) is 13.3 Å². The van der Waals surface area contributed by atoms with Gasteiger partial charge in [0.1, 0.15) is 0 Å². The summed E-state index contributed by atoms with van der Waals surface area (Å²) in [5.74, 6) is 0.560. The Balaban J connectivity index is 3.51. The minimum absolute atomic E-state index is 0.124. The highest BCUT2D eigenvalue weighted by molar-refractivity contribution is 5.75. The van der Waals surface area contributed by atoms with Crippen molar-refractivity contribution in [2.24, 2.45) is 5.92 Å². The number of carbonyl (C=O) groups is 1. The van der Waals surface area contributed by atoms with Crippen LogP contribution in [0.25, 0.3) is 0 Å². The molecule has 0 aromatic rings. The fourth-order valence-corrected chi connectivity index (χ4v) is 1.11. The number of nitrogens with zero attached hydrogens (tertiary/aromatic N) is 1. The Morgan fingerprint density at radius 3 is 2.45 bits per heavy atom. The second kappa shape index (κ2) is 5.13. The van der Waals surface area contributed by atoms with Gasteiger partial charge in [0, 0.05) is 20.0 Å². The lowest BCUT2D eigenvalue weighted by molar-refractivity contribution is -0.121. The van der Waals surface area contributed by atoms with Gasteiger partial charge < -0.3 is 10.2 Å². The molecule has 0 aromatic heterocycles. The fraction of sp³-hybridized carbons (Fsp3) is 0.875. The molecule has 1 atom stereocenters. The molecule has 0 rings (SSSR count). The monoisotopic (exact) mass is 158 g/mol. The highest BCUT2D eigenvalue weighted by Crippen LogP contribution is 2.01. The Bertz CT molecular complexity index is 123. The SMILES string of the molecule is CNC(=O)CC(C)CN(C)C. The maximum absolute atomic E-state index is 10.9. The zero-order valence-corrected chi connectivity index (χ0v) is 7.85. The smallest absolute Gasteiger partial charge is 0.220 e. The third-order valence-corrected chi connectivity index (χ3v) is 1.49. The van der Waals surface area contributed by atoms with E-state index in [4.69, 9.17) is 0 Å². The molecular weight excluding hydrogens is 140 g/mol. The van der Waals surface area contributed by atoms with Gasteiger partial charge in [0.25, 0.3) is 0 Å². The maximum Gasteiger partial charge on any atom is 0.220 e. The lowest BCUT2D eigenvalue weighted by atomic mass is 10.1. The summed E-state index contributed by atoms with van der Waals surface area (Å²) in [5, 5.41) is 2.61. The zero-order valence-electron chi connectivity index (χ0n) is 7.85. The van der Waals surface area contributed by atoms with Crippen LogP contribution in [0.15, 0.2) is 0 Å².